The quantitative estimate of drug-likeness (QED) is 0.847. The zero-order valence-electron chi connectivity index (χ0n) is 11.9. The van der Waals surface area contributed by atoms with E-state index in [1.165, 1.54) is 22.5 Å². The van der Waals surface area contributed by atoms with Crippen LogP contribution in [0.4, 0.5) is 0 Å². The van der Waals surface area contributed by atoms with Gasteiger partial charge in [-0.25, -0.2) is 8.42 Å². The third-order valence-electron chi connectivity index (χ3n) is 3.95. The molecule has 0 saturated carbocycles. The van der Waals surface area contributed by atoms with Crippen LogP contribution in [0, 0.1) is 11.3 Å². The predicted molar refractivity (Wildman–Crippen MR) is 82.9 cm³/mol. The molecule has 7 heteroatoms. The molecule has 1 aromatic heterocycles. The number of aromatic nitrogens is 1. The minimum Gasteiger partial charge on any atom is -0.349 e. The van der Waals surface area contributed by atoms with Crippen LogP contribution in [0.3, 0.4) is 0 Å². The SMILES string of the molecule is CC1c2cccn2CCN1S(=O)(=O)c1ccc(Cl)c(C#N)c1. The van der Waals surface area contributed by atoms with Crippen molar-refractivity contribution in [2.45, 2.75) is 24.4 Å². The fraction of sp³-hybridized carbons (Fsp3) is 0.267. The molecule has 0 amide bonds. The van der Waals surface area contributed by atoms with Crippen LogP contribution in [-0.4, -0.2) is 23.8 Å². The van der Waals surface area contributed by atoms with Crippen molar-refractivity contribution < 1.29 is 8.42 Å². The average molecular weight is 336 g/mol. The van der Waals surface area contributed by atoms with Crippen molar-refractivity contribution in [2.24, 2.45) is 0 Å². The van der Waals surface area contributed by atoms with Crippen LogP contribution in [-0.2, 0) is 16.6 Å². The molecule has 1 aromatic carbocycles. The summed E-state index contributed by atoms with van der Waals surface area (Å²) in [5, 5.41) is 9.28. The number of hydrogen-bond donors (Lipinski definition) is 0. The van der Waals surface area contributed by atoms with Crippen LogP contribution in [0.25, 0.3) is 0 Å². The molecule has 0 fully saturated rings. The van der Waals surface area contributed by atoms with E-state index in [1.807, 2.05) is 31.3 Å². The first-order valence-corrected chi connectivity index (χ1v) is 8.63. The van der Waals surface area contributed by atoms with Gasteiger partial charge in [-0.3, -0.25) is 0 Å². The Morgan fingerprint density at radius 1 is 1.32 bits per heavy atom. The number of halogens is 1. The molecule has 0 bridgehead atoms. The molecule has 1 atom stereocenters. The summed E-state index contributed by atoms with van der Waals surface area (Å²) in [6.07, 6.45) is 1.95. The lowest BCUT2D eigenvalue weighted by molar-refractivity contribution is 0.282. The van der Waals surface area contributed by atoms with Crippen molar-refractivity contribution in [1.82, 2.24) is 8.87 Å². The Kier molecular flexibility index (Phi) is 3.73. The third-order valence-corrected chi connectivity index (χ3v) is 6.25. The minimum atomic E-state index is -3.67. The summed E-state index contributed by atoms with van der Waals surface area (Å²) < 4.78 is 29.3. The van der Waals surface area contributed by atoms with Crippen LogP contribution in [0.15, 0.2) is 41.4 Å². The maximum atomic E-state index is 12.9. The van der Waals surface area contributed by atoms with Crippen LogP contribution < -0.4 is 0 Å². The molecule has 0 saturated heterocycles. The van der Waals surface area contributed by atoms with E-state index in [0.717, 1.165) is 5.69 Å². The third kappa shape index (κ3) is 2.31. The highest BCUT2D eigenvalue weighted by atomic mass is 35.5. The van der Waals surface area contributed by atoms with Gasteiger partial charge < -0.3 is 4.57 Å². The van der Waals surface area contributed by atoms with E-state index in [-0.39, 0.29) is 21.5 Å². The summed E-state index contributed by atoms with van der Waals surface area (Å²) in [6, 6.07) is 9.72. The molecule has 1 unspecified atom stereocenters. The maximum Gasteiger partial charge on any atom is 0.243 e. The van der Waals surface area contributed by atoms with E-state index in [4.69, 9.17) is 16.9 Å². The molecule has 2 aromatic rings. The second-order valence-electron chi connectivity index (χ2n) is 5.17. The average Bonchev–Trinajstić information content (AvgIpc) is 2.97. The Bertz CT molecular complexity index is 867. The van der Waals surface area contributed by atoms with E-state index in [9.17, 15) is 8.42 Å². The highest BCUT2D eigenvalue weighted by molar-refractivity contribution is 7.89. The summed E-state index contributed by atoms with van der Waals surface area (Å²) in [5.74, 6) is 0. The monoisotopic (exact) mass is 335 g/mol. The van der Waals surface area contributed by atoms with Gasteiger partial charge in [0, 0.05) is 25.0 Å². The highest BCUT2D eigenvalue weighted by Gasteiger charge is 2.34. The second kappa shape index (κ2) is 5.43. The standard InChI is InChI=1S/C15H14ClN3O2S/c1-11-15-3-2-6-18(15)7-8-19(11)22(20,21)13-4-5-14(16)12(9-13)10-17/h2-6,9,11H,7-8H2,1H3. The van der Waals surface area contributed by atoms with Gasteiger partial charge in [-0.15, -0.1) is 0 Å². The van der Waals surface area contributed by atoms with E-state index in [2.05, 4.69) is 4.57 Å². The first-order valence-electron chi connectivity index (χ1n) is 6.81. The van der Waals surface area contributed by atoms with E-state index in [1.54, 1.807) is 0 Å². The van der Waals surface area contributed by atoms with Crippen molar-refractivity contribution in [2.75, 3.05) is 6.54 Å². The van der Waals surface area contributed by atoms with Gasteiger partial charge in [-0.2, -0.15) is 9.57 Å². The number of fused-ring (bicyclic) bond motifs is 1. The molecule has 0 aliphatic carbocycles. The van der Waals surface area contributed by atoms with Gasteiger partial charge in [0.15, 0.2) is 0 Å². The Balaban J connectivity index is 2.03. The first kappa shape index (κ1) is 15.1. The molecule has 0 spiro atoms. The number of nitriles is 1. The van der Waals surface area contributed by atoms with Crippen LogP contribution in [0.1, 0.15) is 24.2 Å². The zero-order chi connectivity index (χ0) is 15.9. The Morgan fingerprint density at radius 3 is 2.82 bits per heavy atom. The van der Waals surface area contributed by atoms with Gasteiger partial charge in [-0.1, -0.05) is 11.6 Å². The van der Waals surface area contributed by atoms with Crippen LogP contribution in [0.5, 0.6) is 0 Å². The Hall–Kier alpha value is -1.81. The lowest BCUT2D eigenvalue weighted by atomic mass is 10.2. The minimum absolute atomic E-state index is 0.0975. The van der Waals surface area contributed by atoms with E-state index >= 15 is 0 Å². The zero-order valence-corrected chi connectivity index (χ0v) is 13.5. The van der Waals surface area contributed by atoms with Crippen LogP contribution >= 0.6 is 11.6 Å². The summed E-state index contributed by atoms with van der Waals surface area (Å²) in [6.45, 7) is 2.88. The molecule has 114 valence electrons. The molecule has 0 radical (unpaired) electrons. The molecule has 5 nitrogen and oxygen atoms in total. The van der Waals surface area contributed by atoms with Gasteiger partial charge in [0.25, 0.3) is 0 Å². The van der Waals surface area contributed by atoms with Crippen molar-refractivity contribution in [3.63, 3.8) is 0 Å². The van der Waals surface area contributed by atoms with E-state index in [0.29, 0.717) is 13.1 Å². The summed E-state index contributed by atoms with van der Waals surface area (Å²) in [5.41, 5.74) is 1.13. The van der Waals surface area contributed by atoms with Crippen molar-refractivity contribution in [3.05, 3.63) is 52.8 Å². The fourth-order valence-corrected chi connectivity index (χ4v) is 4.56. The number of sulfonamides is 1. The van der Waals surface area contributed by atoms with Gasteiger partial charge in [0.2, 0.25) is 10.0 Å². The van der Waals surface area contributed by atoms with Crippen molar-refractivity contribution >= 4 is 21.6 Å². The van der Waals surface area contributed by atoms with Gasteiger partial charge in [0.05, 0.1) is 21.5 Å². The summed E-state index contributed by atoms with van der Waals surface area (Å²) >= 11 is 5.88. The lowest BCUT2D eigenvalue weighted by Crippen LogP contribution is -2.40. The molecular weight excluding hydrogens is 322 g/mol. The van der Waals surface area contributed by atoms with Gasteiger partial charge in [-0.05, 0) is 37.3 Å². The molecular formula is C15H14ClN3O2S. The molecule has 22 heavy (non-hydrogen) atoms. The lowest BCUT2D eigenvalue weighted by Gasteiger charge is -2.33. The van der Waals surface area contributed by atoms with Crippen molar-refractivity contribution in [3.8, 4) is 6.07 Å². The maximum absolute atomic E-state index is 12.9. The fourth-order valence-electron chi connectivity index (χ4n) is 2.77. The molecule has 1 aliphatic heterocycles. The highest BCUT2D eigenvalue weighted by Crippen LogP contribution is 2.32. The topological polar surface area (TPSA) is 66.1 Å². The smallest absolute Gasteiger partial charge is 0.243 e. The van der Waals surface area contributed by atoms with Crippen molar-refractivity contribution in [1.29, 1.82) is 5.26 Å². The number of hydrogen-bond acceptors (Lipinski definition) is 3. The largest absolute Gasteiger partial charge is 0.349 e. The molecule has 0 N–H and O–H groups in total. The van der Waals surface area contributed by atoms with Gasteiger partial charge >= 0.3 is 0 Å². The first-order chi connectivity index (χ1) is 10.4. The number of rotatable bonds is 2. The molecule has 3 rings (SSSR count). The van der Waals surface area contributed by atoms with E-state index < -0.39 is 10.0 Å². The normalized spacial score (nSPS) is 18.7. The second-order valence-corrected chi connectivity index (χ2v) is 7.47. The summed E-state index contributed by atoms with van der Waals surface area (Å²) in [7, 11) is -3.67. The van der Waals surface area contributed by atoms with Crippen LogP contribution in [0.2, 0.25) is 5.02 Å². The van der Waals surface area contributed by atoms with Gasteiger partial charge in [0.1, 0.15) is 6.07 Å². The Morgan fingerprint density at radius 2 is 2.09 bits per heavy atom. The molecule has 2 heterocycles. The number of nitrogens with zero attached hydrogens (tertiary/aromatic N) is 3. The number of benzene rings is 1. The molecule has 1 aliphatic rings. The predicted octanol–water partition coefficient (Wildman–Crippen LogP) is 2.78. The Labute approximate surface area is 134 Å². The summed E-state index contributed by atoms with van der Waals surface area (Å²) in [4.78, 5) is 0.0975.